The number of morpholine rings is 1. The highest BCUT2D eigenvalue weighted by Crippen LogP contribution is 2.23. The molecule has 0 saturated carbocycles. The van der Waals surface area contributed by atoms with Gasteiger partial charge in [-0.05, 0) is 18.8 Å². The second-order valence-corrected chi connectivity index (χ2v) is 6.95. The van der Waals surface area contributed by atoms with Crippen molar-refractivity contribution in [3.05, 3.63) is 0 Å². The molecule has 3 saturated heterocycles. The number of hydrogen-bond donors (Lipinski definition) is 0. The first-order chi connectivity index (χ1) is 11.2. The molecule has 0 aromatic carbocycles. The maximum atomic E-state index is 12.4. The Morgan fingerprint density at radius 3 is 2.78 bits per heavy atom. The van der Waals surface area contributed by atoms with Gasteiger partial charge in [-0.3, -0.25) is 9.69 Å². The Balaban J connectivity index is 1.36. The van der Waals surface area contributed by atoms with Crippen LogP contribution in [-0.2, 0) is 19.0 Å². The number of amides is 1. The van der Waals surface area contributed by atoms with Gasteiger partial charge in [-0.2, -0.15) is 0 Å². The molecule has 0 aromatic rings. The van der Waals surface area contributed by atoms with Crippen LogP contribution >= 0.6 is 0 Å². The molecule has 3 atom stereocenters. The third-order valence-corrected chi connectivity index (χ3v) is 5.23. The summed E-state index contributed by atoms with van der Waals surface area (Å²) in [6.07, 6.45) is 2.93. The summed E-state index contributed by atoms with van der Waals surface area (Å²) in [4.78, 5) is 16.9. The first kappa shape index (κ1) is 17.1. The molecule has 0 spiro atoms. The highest BCUT2D eigenvalue weighted by molar-refractivity contribution is 5.76. The molecule has 0 N–H and O–H groups in total. The SMILES string of the molecule is C[C@@H]1CN(C(=O)CCOC[C@H]2CCCO2)C[C@@H]1N1CCOCC1. The minimum Gasteiger partial charge on any atom is -0.379 e. The van der Waals surface area contributed by atoms with E-state index < -0.39 is 0 Å². The Kier molecular flexibility index (Phi) is 6.28. The van der Waals surface area contributed by atoms with Gasteiger partial charge in [0.05, 0.1) is 39.0 Å². The van der Waals surface area contributed by atoms with Crippen LogP contribution in [0.4, 0.5) is 0 Å². The summed E-state index contributed by atoms with van der Waals surface area (Å²) in [6.45, 7) is 9.55. The number of carbonyl (C=O) groups is 1. The molecule has 3 rings (SSSR count). The van der Waals surface area contributed by atoms with Crippen LogP contribution in [-0.4, -0.2) is 87.1 Å². The second-order valence-electron chi connectivity index (χ2n) is 6.95. The van der Waals surface area contributed by atoms with Gasteiger partial charge in [0.1, 0.15) is 0 Å². The molecule has 3 aliphatic heterocycles. The van der Waals surface area contributed by atoms with E-state index in [-0.39, 0.29) is 12.0 Å². The highest BCUT2D eigenvalue weighted by atomic mass is 16.5. The molecule has 0 bridgehead atoms. The lowest BCUT2D eigenvalue weighted by atomic mass is 10.0. The molecule has 0 aliphatic carbocycles. The zero-order chi connectivity index (χ0) is 16.1. The Bertz CT molecular complexity index is 381. The fraction of sp³-hybridized carbons (Fsp3) is 0.941. The summed E-state index contributed by atoms with van der Waals surface area (Å²) < 4.78 is 16.6. The van der Waals surface area contributed by atoms with E-state index in [1.807, 2.05) is 4.90 Å². The summed E-state index contributed by atoms with van der Waals surface area (Å²) in [5, 5.41) is 0. The average Bonchev–Trinajstić information content (AvgIpc) is 3.22. The highest BCUT2D eigenvalue weighted by Gasteiger charge is 2.36. The van der Waals surface area contributed by atoms with Crippen molar-refractivity contribution < 1.29 is 19.0 Å². The minimum absolute atomic E-state index is 0.222. The largest absolute Gasteiger partial charge is 0.379 e. The molecule has 0 radical (unpaired) electrons. The number of likely N-dealkylation sites (tertiary alicyclic amines) is 1. The first-order valence-electron chi connectivity index (χ1n) is 9.03. The van der Waals surface area contributed by atoms with Gasteiger partial charge in [-0.25, -0.2) is 0 Å². The van der Waals surface area contributed by atoms with Crippen molar-refractivity contribution in [2.24, 2.45) is 5.92 Å². The van der Waals surface area contributed by atoms with Gasteiger partial charge in [0.15, 0.2) is 0 Å². The summed E-state index contributed by atoms with van der Waals surface area (Å²) in [5.74, 6) is 0.754. The minimum atomic E-state index is 0.222. The fourth-order valence-corrected chi connectivity index (χ4v) is 3.85. The zero-order valence-corrected chi connectivity index (χ0v) is 14.2. The van der Waals surface area contributed by atoms with Crippen molar-refractivity contribution in [1.82, 2.24) is 9.80 Å². The van der Waals surface area contributed by atoms with Crippen molar-refractivity contribution in [1.29, 1.82) is 0 Å². The van der Waals surface area contributed by atoms with Crippen LogP contribution in [0.5, 0.6) is 0 Å². The molecule has 3 heterocycles. The fourth-order valence-electron chi connectivity index (χ4n) is 3.85. The van der Waals surface area contributed by atoms with Crippen LogP contribution in [0.2, 0.25) is 0 Å². The predicted molar refractivity (Wildman–Crippen MR) is 86.3 cm³/mol. The summed E-state index contributed by atoms with van der Waals surface area (Å²) in [7, 11) is 0. The lowest BCUT2D eigenvalue weighted by Gasteiger charge is -2.34. The molecule has 0 aromatic heterocycles. The number of carbonyl (C=O) groups excluding carboxylic acids is 1. The topological polar surface area (TPSA) is 51.2 Å². The molecule has 1 amide bonds. The van der Waals surface area contributed by atoms with E-state index in [1.165, 1.54) is 0 Å². The van der Waals surface area contributed by atoms with Gasteiger partial charge < -0.3 is 19.1 Å². The van der Waals surface area contributed by atoms with E-state index in [9.17, 15) is 4.79 Å². The summed E-state index contributed by atoms with van der Waals surface area (Å²) in [6, 6.07) is 0.482. The van der Waals surface area contributed by atoms with Gasteiger partial charge in [-0.1, -0.05) is 6.92 Å². The third-order valence-electron chi connectivity index (χ3n) is 5.23. The normalized spacial score (nSPS) is 32.6. The standard InChI is InChI=1S/C17H30N2O4/c1-14-11-19(12-16(14)18-5-9-21-10-6-18)17(20)4-8-22-13-15-3-2-7-23-15/h14-16H,2-13H2,1H3/t14-,15-,16+/m1/s1. The van der Waals surface area contributed by atoms with Crippen LogP contribution in [0, 0.1) is 5.92 Å². The molecule has 3 aliphatic rings. The van der Waals surface area contributed by atoms with Crippen molar-refractivity contribution in [3.8, 4) is 0 Å². The van der Waals surface area contributed by atoms with Crippen molar-refractivity contribution in [2.75, 3.05) is 59.2 Å². The Hall–Kier alpha value is -0.690. The first-order valence-corrected chi connectivity index (χ1v) is 9.03. The lowest BCUT2D eigenvalue weighted by Crippen LogP contribution is -2.47. The van der Waals surface area contributed by atoms with Gasteiger partial charge in [0, 0.05) is 38.8 Å². The second kappa shape index (κ2) is 8.42. The molecule has 132 valence electrons. The summed E-state index contributed by atoms with van der Waals surface area (Å²) in [5.41, 5.74) is 0. The van der Waals surface area contributed by atoms with Crippen LogP contribution in [0.25, 0.3) is 0 Å². The van der Waals surface area contributed by atoms with Gasteiger partial charge in [-0.15, -0.1) is 0 Å². The molecular formula is C17H30N2O4. The number of ether oxygens (including phenoxy) is 3. The maximum Gasteiger partial charge on any atom is 0.224 e. The maximum absolute atomic E-state index is 12.4. The lowest BCUT2D eigenvalue weighted by molar-refractivity contribution is -0.131. The van der Waals surface area contributed by atoms with E-state index >= 15 is 0 Å². The quantitative estimate of drug-likeness (QED) is 0.674. The van der Waals surface area contributed by atoms with Crippen LogP contribution in [0.1, 0.15) is 26.2 Å². The molecule has 6 nitrogen and oxygen atoms in total. The van der Waals surface area contributed by atoms with Crippen molar-refractivity contribution in [2.45, 2.75) is 38.3 Å². The van der Waals surface area contributed by atoms with E-state index in [1.54, 1.807) is 0 Å². The van der Waals surface area contributed by atoms with Crippen molar-refractivity contribution in [3.63, 3.8) is 0 Å². The smallest absolute Gasteiger partial charge is 0.224 e. The molecule has 23 heavy (non-hydrogen) atoms. The van der Waals surface area contributed by atoms with Crippen LogP contribution < -0.4 is 0 Å². The molecule has 0 unspecified atom stereocenters. The van der Waals surface area contributed by atoms with E-state index in [2.05, 4.69) is 11.8 Å². The monoisotopic (exact) mass is 326 g/mol. The number of nitrogens with zero attached hydrogens (tertiary/aromatic N) is 2. The molecule has 6 heteroatoms. The molecular weight excluding hydrogens is 296 g/mol. The van der Waals surface area contributed by atoms with Gasteiger partial charge in [0.25, 0.3) is 0 Å². The van der Waals surface area contributed by atoms with E-state index in [0.717, 1.165) is 58.8 Å². The van der Waals surface area contributed by atoms with Gasteiger partial charge >= 0.3 is 0 Å². The van der Waals surface area contributed by atoms with Crippen molar-refractivity contribution >= 4 is 5.91 Å². The number of rotatable bonds is 6. The van der Waals surface area contributed by atoms with E-state index in [4.69, 9.17) is 14.2 Å². The zero-order valence-electron chi connectivity index (χ0n) is 14.2. The Morgan fingerprint density at radius 1 is 1.22 bits per heavy atom. The van der Waals surface area contributed by atoms with E-state index in [0.29, 0.717) is 31.6 Å². The predicted octanol–water partition coefficient (Wildman–Crippen LogP) is 0.751. The average molecular weight is 326 g/mol. The molecule has 3 fully saturated rings. The third kappa shape index (κ3) is 4.66. The van der Waals surface area contributed by atoms with Crippen LogP contribution in [0.15, 0.2) is 0 Å². The summed E-state index contributed by atoms with van der Waals surface area (Å²) >= 11 is 0. The Morgan fingerprint density at radius 2 is 2.04 bits per heavy atom. The van der Waals surface area contributed by atoms with Gasteiger partial charge in [0.2, 0.25) is 5.91 Å². The Labute approximate surface area is 139 Å². The van der Waals surface area contributed by atoms with Crippen LogP contribution in [0.3, 0.4) is 0 Å². The number of hydrogen-bond acceptors (Lipinski definition) is 5.